The zero-order valence-electron chi connectivity index (χ0n) is 8.93. The summed E-state index contributed by atoms with van der Waals surface area (Å²) in [5.41, 5.74) is 1.16. The lowest BCUT2D eigenvalue weighted by molar-refractivity contribution is 0.141. The quantitative estimate of drug-likeness (QED) is 0.737. The molecule has 1 aromatic carbocycles. The minimum Gasteiger partial charge on any atom is -0.395 e. The zero-order valence-corrected chi connectivity index (χ0v) is 8.93. The summed E-state index contributed by atoms with van der Waals surface area (Å²) in [4.78, 5) is 1.95. The van der Waals surface area contributed by atoms with E-state index in [1.54, 1.807) is 0 Å². The highest BCUT2D eigenvalue weighted by Gasteiger charge is 2.12. The van der Waals surface area contributed by atoms with Crippen LogP contribution in [-0.4, -0.2) is 29.2 Å². The van der Waals surface area contributed by atoms with E-state index in [-0.39, 0.29) is 12.6 Å². The van der Waals surface area contributed by atoms with Crippen LogP contribution in [-0.2, 0) is 6.54 Å². The van der Waals surface area contributed by atoms with E-state index in [4.69, 9.17) is 10.4 Å². The molecule has 0 saturated carbocycles. The fraction of sp³-hybridized carbons (Fsp3) is 0.417. The molecule has 3 heteroatoms. The number of nitrogens with zero attached hydrogens (tertiary/aromatic N) is 2. The number of rotatable bonds is 5. The second kappa shape index (κ2) is 6.18. The van der Waals surface area contributed by atoms with E-state index in [9.17, 15) is 0 Å². The molecule has 1 aromatic rings. The SMILES string of the molecule is CC(CO)N(CC#N)Cc1ccccc1. The molecule has 0 heterocycles. The molecule has 0 aliphatic heterocycles. The molecule has 0 saturated heterocycles. The van der Waals surface area contributed by atoms with E-state index in [1.807, 2.05) is 42.2 Å². The van der Waals surface area contributed by atoms with Gasteiger partial charge in [-0.25, -0.2) is 0 Å². The van der Waals surface area contributed by atoms with Gasteiger partial charge in [-0.2, -0.15) is 5.26 Å². The van der Waals surface area contributed by atoms with Gasteiger partial charge in [0.15, 0.2) is 0 Å². The van der Waals surface area contributed by atoms with Crippen molar-refractivity contribution in [2.45, 2.75) is 19.5 Å². The topological polar surface area (TPSA) is 47.3 Å². The van der Waals surface area contributed by atoms with Crippen molar-refractivity contribution in [2.24, 2.45) is 0 Å². The second-order valence-electron chi connectivity index (χ2n) is 3.58. The van der Waals surface area contributed by atoms with Crippen LogP contribution in [0, 0.1) is 11.3 Å². The fourth-order valence-corrected chi connectivity index (χ4v) is 1.39. The molecule has 0 aliphatic rings. The molecule has 3 nitrogen and oxygen atoms in total. The number of nitriles is 1. The molecule has 0 radical (unpaired) electrons. The van der Waals surface area contributed by atoms with E-state index in [2.05, 4.69) is 6.07 Å². The highest BCUT2D eigenvalue weighted by atomic mass is 16.3. The van der Waals surface area contributed by atoms with Gasteiger partial charge in [0.2, 0.25) is 0 Å². The van der Waals surface area contributed by atoms with Crippen LogP contribution >= 0.6 is 0 Å². The predicted octanol–water partition coefficient (Wildman–Crippen LogP) is 1.39. The fourth-order valence-electron chi connectivity index (χ4n) is 1.39. The van der Waals surface area contributed by atoms with Crippen LogP contribution in [0.2, 0.25) is 0 Å². The summed E-state index contributed by atoms with van der Waals surface area (Å²) in [5.74, 6) is 0. The van der Waals surface area contributed by atoms with Crippen molar-refractivity contribution in [1.29, 1.82) is 5.26 Å². The smallest absolute Gasteiger partial charge is 0.0871 e. The molecule has 1 N–H and O–H groups in total. The van der Waals surface area contributed by atoms with Gasteiger partial charge in [-0.15, -0.1) is 0 Å². The number of aliphatic hydroxyl groups excluding tert-OH is 1. The third-order valence-electron chi connectivity index (χ3n) is 2.39. The number of aliphatic hydroxyl groups is 1. The molecule has 1 atom stereocenters. The monoisotopic (exact) mass is 204 g/mol. The van der Waals surface area contributed by atoms with Crippen molar-refractivity contribution < 1.29 is 5.11 Å². The van der Waals surface area contributed by atoms with E-state index in [0.717, 1.165) is 5.56 Å². The Morgan fingerprint density at radius 2 is 2.07 bits per heavy atom. The van der Waals surface area contributed by atoms with E-state index in [0.29, 0.717) is 13.1 Å². The summed E-state index contributed by atoms with van der Waals surface area (Å²) in [6.07, 6.45) is 0. The summed E-state index contributed by atoms with van der Waals surface area (Å²) in [7, 11) is 0. The summed E-state index contributed by atoms with van der Waals surface area (Å²) in [5, 5.41) is 17.7. The Hall–Kier alpha value is -1.37. The van der Waals surface area contributed by atoms with E-state index in [1.165, 1.54) is 0 Å². The third kappa shape index (κ3) is 3.70. The Morgan fingerprint density at radius 1 is 1.40 bits per heavy atom. The first-order valence-corrected chi connectivity index (χ1v) is 5.03. The van der Waals surface area contributed by atoms with Crippen molar-refractivity contribution in [3.63, 3.8) is 0 Å². The Labute approximate surface area is 90.6 Å². The van der Waals surface area contributed by atoms with Gasteiger partial charge >= 0.3 is 0 Å². The van der Waals surface area contributed by atoms with Gasteiger partial charge in [0, 0.05) is 12.6 Å². The largest absolute Gasteiger partial charge is 0.395 e. The van der Waals surface area contributed by atoms with Crippen molar-refractivity contribution >= 4 is 0 Å². The molecule has 1 unspecified atom stereocenters. The number of hydrogen-bond acceptors (Lipinski definition) is 3. The molecular weight excluding hydrogens is 188 g/mol. The van der Waals surface area contributed by atoms with Crippen LogP contribution in [0.15, 0.2) is 30.3 Å². The molecule has 0 aliphatic carbocycles. The van der Waals surface area contributed by atoms with Crippen LogP contribution in [0.3, 0.4) is 0 Å². The summed E-state index contributed by atoms with van der Waals surface area (Å²) >= 11 is 0. The van der Waals surface area contributed by atoms with E-state index >= 15 is 0 Å². The summed E-state index contributed by atoms with van der Waals surface area (Å²) in [6, 6.07) is 12.1. The van der Waals surface area contributed by atoms with Crippen molar-refractivity contribution in [2.75, 3.05) is 13.2 Å². The lowest BCUT2D eigenvalue weighted by atomic mass is 10.2. The maximum atomic E-state index is 9.06. The maximum absolute atomic E-state index is 9.06. The van der Waals surface area contributed by atoms with Gasteiger partial charge in [-0.3, -0.25) is 4.90 Å². The molecule has 80 valence electrons. The second-order valence-corrected chi connectivity index (χ2v) is 3.58. The van der Waals surface area contributed by atoms with Gasteiger partial charge in [0.05, 0.1) is 19.2 Å². The lowest BCUT2D eigenvalue weighted by Crippen LogP contribution is -2.35. The zero-order chi connectivity index (χ0) is 11.1. The average molecular weight is 204 g/mol. The van der Waals surface area contributed by atoms with Crippen molar-refractivity contribution in [3.8, 4) is 6.07 Å². The van der Waals surface area contributed by atoms with Crippen molar-refractivity contribution in [3.05, 3.63) is 35.9 Å². The van der Waals surface area contributed by atoms with Crippen LogP contribution in [0.4, 0.5) is 0 Å². The molecule has 15 heavy (non-hydrogen) atoms. The van der Waals surface area contributed by atoms with Crippen LogP contribution in [0.25, 0.3) is 0 Å². The Balaban J connectivity index is 2.63. The summed E-state index contributed by atoms with van der Waals surface area (Å²) < 4.78 is 0. The molecule has 0 fully saturated rings. The number of benzene rings is 1. The molecule has 0 bridgehead atoms. The molecular formula is C12H16N2O. The Kier molecular flexibility index (Phi) is 4.82. The highest BCUT2D eigenvalue weighted by Crippen LogP contribution is 2.07. The molecule has 1 rings (SSSR count). The van der Waals surface area contributed by atoms with Gasteiger partial charge in [0.25, 0.3) is 0 Å². The Bertz CT molecular complexity index is 318. The normalized spacial score (nSPS) is 12.4. The highest BCUT2D eigenvalue weighted by molar-refractivity contribution is 5.14. The van der Waals surface area contributed by atoms with Crippen LogP contribution < -0.4 is 0 Å². The number of hydrogen-bond donors (Lipinski definition) is 1. The average Bonchev–Trinajstić information content (AvgIpc) is 2.29. The maximum Gasteiger partial charge on any atom is 0.0871 e. The third-order valence-corrected chi connectivity index (χ3v) is 2.39. The first-order valence-electron chi connectivity index (χ1n) is 5.03. The van der Waals surface area contributed by atoms with Gasteiger partial charge in [-0.1, -0.05) is 30.3 Å². The first kappa shape index (κ1) is 11.7. The minimum absolute atomic E-state index is 0.0184. The summed E-state index contributed by atoms with van der Waals surface area (Å²) in [6.45, 7) is 3.04. The Morgan fingerprint density at radius 3 is 2.60 bits per heavy atom. The first-order chi connectivity index (χ1) is 7.27. The van der Waals surface area contributed by atoms with Gasteiger partial charge in [-0.05, 0) is 12.5 Å². The standard InChI is InChI=1S/C12H16N2O/c1-11(10-15)14(8-7-13)9-12-5-3-2-4-6-12/h2-6,11,15H,8-10H2,1H3. The van der Waals surface area contributed by atoms with Crippen molar-refractivity contribution in [1.82, 2.24) is 4.90 Å². The molecule has 0 spiro atoms. The minimum atomic E-state index is 0.0184. The van der Waals surface area contributed by atoms with Crippen LogP contribution in [0.1, 0.15) is 12.5 Å². The van der Waals surface area contributed by atoms with E-state index < -0.39 is 0 Å². The molecule has 0 amide bonds. The predicted molar refractivity (Wildman–Crippen MR) is 59.0 cm³/mol. The van der Waals surface area contributed by atoms with Crippen LogP contribution in [0.5, 0.6) is 0 Å². The molecule has 0 aromatic heterocycles. The van der Waals surface area contributed by atoms with Gasteiger partial charge in [0.1, 0.15) is 0 Å². The lowest BCUT2D eigenvalue weighted by Gasteiger charge is -2.24. The van der Waals surface area contributed by atoms with Gasteiger partial charge < -0.3 is 5.11 Å².